The highest BCUT2D eigenvalue weighted by Crippen LogP contribution is 2.43. The van der Waals surface area contributed by atoms with Crippen LogP contribution in [-0.2, 0) is 0 Å². The molecular weight excluding hydrogens is 945 g/mol. The van der Waals surface area contributed by atoms with Crippen molar-refractivity contribution in [2.45, 2.75) is 27.7 Å². The molecule has 0 N–H and O–H groups in total. The first kappa shape index (κ1) is 47.8. The van der Waals surface area contributed by atoms with E-state index in [1.54, 1.807) is 0 Å². The number of aromatic nitrogens is 2. The summed E-state index contributed by atoms with van der Waals surface area (Å²) in [4.78, 5) is 4.69. The Kier molecular flexibility index (Phi) is 12.5. The predicted molar refractivity (Wildman–Crippen MR) is 330 cm³/mol. The second kappa shape index (κ2) is 20.3. The molecule has 374 valence electrons. The van der Waals surface area contributed by atoms with Gasteiger partial charge in [0, 0.05) is 56.3 Å². The second-order valence-electron chi connectivity index (χ2n) is 20.6. The van der Waals surface area contributed by atoms with Gasteiger partial charge in [0.1, 0.15) is 0 Å². The number of rotatable bonds is 12. The van der Waals surface area contributed by atoms with Crippen molar-refractivity contribution in [3.63, 3.8) is 0 Å². The van der Waals surface area contributed by atoms with Gasteiger partial charge in [-0.15, -0.1) is 0 Å². The highest BCUT2D eigenvalue weighted by molar-refractivity contribution is 6.03. The monoisotopic (exact) mass is 1000 g/mol. The van der Waals surface area contributed by atoms with Gasteiger partial charge in [-0.1, -0.05) is 168 Å². The fraction of sp³-hybridized carbons (Fsp3) is 0.0541. The molecule has 0 saturated carbocycles. The third-order valence-electron chi connectivity index (χ3n) is 15.2. The Morgan fingerprint density at radius 1 is 0.231 bits per heavy atom. The molecule has 0 atom stereocenters. The van der Waals surface area contributed by atoms with Gasteiger partial charge in [0.2, 0.25) is 0 Å². The summed E-state index contributed by atoms with van der Waals surface area (Å²) >= 11 is 0. The highest BCUT2D eigenvalue weighted by atomic mass is 15.1. The number of benzene rings is 11. The number of nitrogens with zero attached hydrogens (tertiary/aromatic N) is 4. The van der Waals surface area contributed by atoms with E-state index in [1.165, 1.54) is 44.5 Å². The van der Waals surface area contributed by atoms with Crippen LogP contribution < -0.4 is 9.80 Å². The van der Waals surface area contributed by atoms with Crippen LogP contribution in [0.25, 0.3) is 77.9 Å². The zero-order valence-corrected chi connectivity index (χ0v) is 44.3. The molecule has 0 unspecified atom stereocenters. The van der Waals surface area contributed by atoms with Crippen LogP contribution in [-0.4, -0.2) is 9.13 Å². The van der Waals surface area contributed by atoms with Gasteiger partial charge in [-0.3, -0.25) is 0 Å². The van der Waals surface area contributed by atoms with Gasteiger partial charge in [-0.25, -0.2) is 0 Å². The molecule has 2 aromatic heterocycles. The van der Waals surface area contributed by atoms with Gasteiger partial charge in [-0.05, 0) is 195 Å². The summed E-state index contributed by atoms with van der Waals surface area (Å²) < 4.78 is 4.91. The molecule has 0 aliphatic carbocycles. The van der Waals surface area contributed by atoms with E-state index < -0.39 is 0 Å². The number of hydrogen-bond donors (Lipinski definition) is 0. The minimum atomic E-state index is 1.08. The molecule has 2 heterocycles. The summed E-state index contributed by atoms with van der Waals surface area (Å²) in [5.41, 5.74) is 25.3. The Labute approximate surface area is 457 Å². The van der Waals surface area contributed by atoms with Crippen LogP contribution >= 0.6 is 0 Å². The van der Waals surface area contributed by atoms with Crippen LogP contribution in [0.1, 0.15) is 22.3 Å². The lowest BCUT2D eigenvalue weighted by atomic mass is 10.0. The standard InChI is InChI=1S/C74H58N4/c1-51-21-29-63(30-22-51)75(64-31-23-52(2)24-32-64)67-37-41-69(42-38-67)77-71(59-19-11-17-57(45-59)55-13-7-5-8-14-55)47-61-50-74-62(49-73(61)77)48-72(60-20-12-18-58(46-60)56-15-9-6-10-16-56)78(74)70-43-39-68(40-44-70)76(65-33-25-53(3)26-34-65)66-35-27-54(4)28-36-66/h5-50H,1-4H3. The summed E-state index contributed by atoms with van der Waals surface area (Å²) in [6, 6.07) is 102. The van der Waals surface area contributed by atoms with Crippen LogP contribution in [0.15, 0.2) is 279 Å². The Hall–Kier alpha value is -9.90. The fourth-order valence-electron chi connectivity index (χ4n) is 11.0. The molecule has 4 heteroatoms. The van der Waals surface area contributed by atoms with E-state index in [1.807, 2.05) is 0 Å². The van der Waals surface area contributed by atoms with Gasteiger partial charge in [-0.2, -0.15) is 0 Å². The van der Waals surface area contributed by atoms with Gasteiger partial charge < -0.3 is 18.9 Å². The Morgan fingerprint density at radius 3 is 0.808 bits per heavy atom. The smallest absolute Gasteiger partial charge is 0.0542 e. The lowest BCUT2D eigenvalue weighted by Crippen LogP contribution is -2.10. The maximum atomic E-state index is 2.46. The topological polar surface area (TPSA) is 16.3 Å². The Balaban J connectivity index is 1.000. The van der Waals surface area contributed by atoms with Crippen molar-refractivity contribution in [3.05, 3.63) is 301 Å². The normalized spacial score (nSPS) is 11.3. The Bertz CT molecular complexity index is 3860. The van der Waals surface area contributed by atoms with Crippen LogP contribution in [0.4, 0.5) is 34.1 Å². The summed E-state index contributed by atoms with van der Waals surface area (Å²) in [6.45, 7) is 8.56. The molecular formula is C74H58N4. The molecule has 78 heavy (non-hydrogen) atoms. The lowest BCUT2D eigenvalue weighted by molar-refractivity contribution is 1.13. The number of hydrogen-bond acceptors (Lipinski definition) is 2. The predicted octanol–water partition coefficient (Wildman–Crippen LogP) is 20.4. The van der Waals surface area contributed by atoms with Gasteiger partial charge >= 0.3 is 0 Å². The van der Waals surface area contributed by atoms with Crippen LogP contribution in [0.2, 0.25) is 0 Å². The van der Waals surface area contributed by atoms with Crippen molar-refractivity contribution in [3.8, 4) is 56.1 Å². The largest absolute Gasteiger partial charge is 0.311 e. The highest BCUT2D eigenvalue weighted by Gasteiger charge is 2.21. The van der Waals surface area contributed by atoms with Crippen LogP contribution in [0.3, 0.4) is 0 Å². The number of fused-ring (bicyclic) bond motifs is 2. The zero-order valence-electron chi connectivity index (χ0n) is 44.3. The summed E-state index contributed by atoms with van der Waals surface area (Å²) in [7, 11) is 0. The quantitative estimate of drug-likeness (QED) is 0.121. The van der Waals surface area contributed by atoms with Gasteiger partial charge in [0.15, 0.2) is 0 Å². The molecule has 0 amide bonds. The molecule has 0 fully saturated rings. The van der Waals surface area contributed by atoms with Gasteiger partial charge in [0.05, 0.1) is 22.4 Å². The van der Waals surface area contributed by atoms with Crippen LogP contribution in [0.5, 0.6) is 0 Å². The molecule has 11 aromatic carbocycles. The number of anilines is 6. The Morgan fingerprint density at radius 2 is 0.500 bits per heavy atom. The molecule has 0 radical (unpaired) electrons. The molecule has 13 aromatic rings. The molecule has 0 aliphatic rings. The summed E-state index contributed by atoms with van der Waals surface area (Å²) in [5.74, 6) is 0. The van der Waals surface area contributed by atoms with Crippen molar-refractivity contribution < 1.29 is 0 Å². The molecule has 0 aliphatic heterocycles. The van der Waals surface area contributed by atoms with E-state index in [0.717, 1.165) is 89.8 Å². The van der Waals surface area contributed by atoms with E-state index in [4.69, 9.17) is 0 Å². The number of aryl methyl sites for hydroxylation is 4. The minimum absolute atomic E-state index is 1.08. The third-order valence-corrected chi connectivity index (χ3v) is 15.2. The summed E-state index contributed by atoms with van der Waals surface area (Å²) in [5, 5.41) is 2.30. The van der Waals surface area contributed by atoms with Crippen molar-refractivity contribution in [2.24, 2.45) is 0 Å². The first-order valence-electron chi connectivity index (χ1n) is 26.9. The second-order valence-corrected chi connectivity index (χ2v) is 20.6. The van der Waals surface area contributed by atoms with E-state index in [2.05, 4.69) is 326 Å². The lowest BCUT2D eigenvalue weighted by Gasteiger charge is -2.26. The molecule has 0 saturated heterocycles. The maximum absolute atomic E-state index is 2.46. The van der Waals surface area contributed by atoms with Gasteiger partial charge in [0.25, 0.3) is 0 Å². The maximum Gasteiger partial charge on any atom is 0.0542 e. The van der Waals surface area contributed by atoms with E-state index in [-0.39, 0.29) is 0 Å². The minimum Gasteiger partial charge on any atom is -0.311 e. The van der Waals surface area contributed by atoms with Crippen molar-refractivity contribution in [1.29, 1.82) is 0 Å². The molecule has 0 spiro atoms. The third kappa shape index (κ3) is 9.24. The summed E-state index contributed by atoms with van der Waals surface area (Å²) in [6.07, 6.45) is 0. The van der Waals surface area contributed by atoms with Crippen molar-refractivity contribution in [2.75, 3.05) is 9.80 Å². The molecule has 4 nitrogen and oxygen atoms in total. The van der Waals surface area contributed by atoms with E-state index in [0.29, 0.717) is 0 Å². The zero-order chi connectivity index (χ0) is 52.7. The van der Waals surface area contributed by atoms with Crippen molar-refractivity contribution >= 4 is 55.9 Å². The van der Waals surface area contributed by atoms with E-state index >= 15 is 0 Å². The van der Waals surface area contributed by atoms with E-state index in [9.17, 15) is 0 Å². The first-order chi connectivity index (χ1) is 38.3. The van der Waals surface area contributed by atoms with Crippen molar-refractivity contribution in [1.82, 2.24) is 9.13 Å². The SMILES string of the molecule is Cc1ccc(N(c2ccc(C)cc2)c2ccc(-n3c(-c4cccc(-c5ccccc5)c4)cc4cc5c(cc(-c6cccc(-c7ccccc7)c6)n5-c5ccc(N(c6ccc(C)cc6)c6ccc(C)cc6)cc5)cc43)cc2)cc1. The molecule has 0 bridgehead atoms. The average molecular weight is 1000 g/mol. The van der Waals surface area contributed by atoms with Crippen LogP contribution in [0, 0.1) is 27.7 Å². The first-order valence-corrected chi connectivity index (χ1v) is 26.9. The fourth-order valence-corrected chi connectivity index (χ4v) is 11.0. The average Bonchev–Trinajstić information content (AvgIpc) is 4.27. The molecule has 13 rings (SSSR count).